The molecule has 0 atom stereocenters. The van der Waals surface area contributed by atoms with E-state index in [0.717, 1.165) is 10.3 Å². The van der Waals surface area contributed by atoms with Crippen LogP contribution in [0.3, 0.4) is 0 Å². The topological polar surface area (TPSA) is 108 Å². The first kappa shape index (κ1) is 16.6. The molecule has 0 saturated heterocycles. The molecular weight excluding hydrogens is 326 g/mol. The third-order valence-corrected chi connectivity index (χ3v) is 4.00. The van der Waals surface area contributed by atoms with Crippen molar-refractivity contribution in [1.29, 1.82) is 0 Å². The van der Waals surface area contributed by atoms with E-state index >= 15 is 0 Å². The molecule has 0 bridgehead atoms. The van der Waals surface area contributed by atoms with Gasteiger partial charge < -0.3 is 4.57 Å². The van der Waals surface area contributed by atoms with Gasteiger partial charge in [-0.05, 0) is 19.1 Å². The number of likely N-dealkylation sites (N-methyl/N-ethyl adjacent to an activating group) is 1. The van der Waals surface area contributed by atoms with E-state index in [9.17, 15) is 14.4 Å². The maximum absolute atomic E-state index is 12.6. The summed E-state index contributed by atoms with van der Waals surface area (Å²) in [5.74, 6) is -0.124. The predicted octanol–water partition coefficient (Wildman–Crippen LogP) is -0.805. The smallest absolute Gasteiger partial charge is 0.328 e. The monoisotopic (exact) mass is 343 g/mol. The van der Waals surface area contributed by atoms with E-state index in [1.807, 2.05) is 0 Å². The lowest BCUT2D eigenvalue weighted by Crippen LogP contribution is -2.44. The van der Waals surface area contributed by atoms with Crippen LogP contribution >= 0.6 is 0 Å². The Hall–Kier alpha value is -3.30. The van der Waals surface area contributed by atoms with Gasteiger partial charge >= 0.3 is 5.69 Å². The Morgan fingerprint density at radius 2 is 1.92 bits per heavy atom. The van der Waals surface area contributed by atoms with E-state index in [0.29, 0.717) is 5.82 Å². The second-order valence-corrected chi connectivity index (χ2v) is 5.75. The van der Waals surface area contributed by atoms with Crippen LogP contribution in [0.25, 0.3) is 11.2 Å². The second kappa shape index (κ2) is 5.96. The van der Waals surface area contributed by atoms with Crippen LogP contribution in [0.2, 0.25) is 0 Å². The first-order valence-electron chi connectivity index (χ1n) is 7.49. The molecule has 10 nitrogen and oxygen atoms in total. The number of fused-ring (bicyclic) bond motifs is 1. The fourth-order valence-corrected chi connectivity index (χ4v) is 2.48. The summed E-state index contributed by atoms with van der Waals surface area (Å²) in [4.78, 5) is 42.8. The number of rotatable bonds is 3. The van der Waals surface area contributed by atoms with Gasteiger partial charge in [-0.15, -0.1) is 5.10 Å². The average Bonchev–Trinajstić information content (AvgIpc) is 2.98. The van der Waals surface area contributed by atoms with E-state index in [1.54, 1.807) is 26.1 Å². The SMILES string of the molecule is Cc1ccc(N(C)C(=O)Cn2c(=O)c3c(ncn3C)n(C)c2=O)nn1. The van der Waals surface area contributed by atoms with Crippen molar-refractivity contribution >= 4 is 22.9 Å². The number of amides is 1. The number of aromatic nitrogens is 6. The second-order valence-electron chi connectivity index (χ2n) is 5.75. The number of imidazole rings is 1. The lowest BCUT2D eigenvalue weighted by molar-refractivity contribution is -0.119. The molecule has 130 valence electrons. The quantitative estimate of drug-likeness (QED) is 0.616. The summed E-state index contributed by atoms with van der Waals surface area (Å²) in [6.07, 6.45) is 1.45. The molecule has 0 aliphatic rings. The summed E-state index contributed by atoms with van der Waals surface area (Å²) in [5, 5.41) is 7.82. The minimum atomic E-state index is -0.604. The highest BCUT2D eigenvalue weighted by Crippen LogP contribution is 2.08. The first-order valence-corrected chi connectivity index (χ1v) is 7.49. The molecule has 25 heavy (non-hydrogen) atoms. The number of carbonyl (C=O) groups excluding carboxylic acids is 1. The van der Waals surface area contributed by atoms with Gasteiger partial charge in [0.15, 0.2) is 17.0 Å². The Morgan fingerprint density at radius 3 is 2.56 bits per heavy atom. The summed E-state index contributed by atoms with van der Waals surface area (Å²) in [5.41, 5.74) is 0.0887. The van der Waals surface area contributed by atoms with Gasteiger partial charge in [-0.2, -0.15) is 5.10 Å². The number of aryl methyl sites for hydroxylation is 3. The highest BCUT2D eigenvalue weighted by Gasteiger charge is 2.19. The minimum Gasteiger partial charge on any atom is -0.328 e. The maximum atomic E-state index is 12.6. The van der Waals surface area contributed by atoms with Gasteiger partial charge in [-0.25, -0.2) is 14.3 Å². The fourth-order valence-electron chi connectivity index (χ4n) is 2.48. The highest BCUT2D eigenvalue weighted by atomic mass is 16.2. The molecule has 0 aliphatic heterocycles. The van der Waals surface area contributed by atoms with E-state index in [1.165, 1.54) is 34.5 Å². The van der Waals surface area contributed by atoms with Crippen LogP contribution in [-0.2, 0) is 25.4 Å². The molecule has 0 N–H and O–H groups in total. The largest absolute Gasteiger partial charge is 0.332 e. The van der Waals surface area contributed by atoms with Crippen LogP contribution in [-0.4, -0.2) is 41.8 Å². The Morgan fingerprint density at radius 1 is 1.20 bits per heavy atom. The van der Waals surface area contributed by atoms with Gasteiger partial charge in [0.1, 0.15) is 6.54 Å². The zero-order valence-electron chi connectivity index (χ0n) is 14.3. The minimum absolute atomic E-state index is 0.257. The molecule has 0 aliphatic carbocycles. The van der Waals surface area contributed by atoms with Crippen LogP contribution < -0.4 is 16.1 Å². The van der Waals surface area contributed by atoms with E-state index in [-0.39, 0.29) is 11.2 Å². The number of nitrogens with zero attached hydrogens (tertiary/aromatic N) is 7. The summed E-state index contributed by atoms with van der Waals surface area (Å²) in [7, 11) is 4.68. The van der Waals surface area contributed by atoms with Crippen LogP contribution in [0.1, 0.15) is 5.69 Å². The molecule has 3 rings (SSSR count). The molecule has 0 spiro atoms. The van der Waals surface area contributed by atoms with Gasteiger partial charge in [-0.3, -0.25) is 19.1 Å². The summed E-state index contributed by atoms with van der Waals surface area (Å²) in [6.45, 7) is 1.38. The van der Waals surface area contributed by atoms with Gasteiger partial charge in [0.25, 0.3) is 5.56 Å². The van der Waals surface area contributed by atoms with Gasteiger partial charge in [-0.1, -0.05) is 0 Å². The molecule has 0 saturated carbocycles. The number of hydrogen-bond acceptors (Lipinski definition) is 6. The molecule has 0 radical (unpaired) electrons. The fraction of sp³-hybridized carbons (Fsp3) is 0.333. The number of carbonyl (C=O) groups is 1. The Balaban J connectivity index is 2.01. The predicted molar refractivity (Wildman–Crippen MR) is 90.4 cm³/mol. The number of anilines is 1. The molecule has 3 aromatic rings. The van der Waals surface area contributed by atoms with Crippen molar-refractivity contribution in [2.24, 2.45) is 14.1 Å². The van der Waals surface area contributed by atoms with Crippen LogP contribution in [0.4, 0.5) is 5.82 Å². The van der Waals surface area contributed by atoms with Gasteiger partial charge in [0.05, 0.1) is 12.0 Å². The maximum Gasteiger partial charge on any atom is 0.332 e. The molecule has 0 aromatic carbocycles. The van der Waals surface area contributed by atoms with Gasteiger partial charge in [0.2, 0.25) is 5.91 Å². The van der Waals surface area contributed by atoms with Crippen molar-refractivity contribution in [2.75, 3.05) is 11.9 Å². The average molecular weight is 343 g/mol. The van der Waals surface area contributed by atoms with Crippen molar-refractivity contribution in [2.45, 2.75) is 13.5 Å². The lowest BCUT2D eigenvalue weighted by atomic mass is 10.4. The first-order chi connectivity index (χ1) is 11.8. The summed E-state index contributed by atoms with van der Waals surface area (Å²) >= 11 is 0. The van der Waals surface area contributed by atoms with Crippen molar-refractivity contribution < 1.29 is 4.79 Å². The normalized spacial score (nSPS) is 11.0. The Bertz CT molecular complexity index is 1080. The van der Waals surface area contributed by atoms with Crippen molar-refractivity contribution in [1.82, 2.24) is 28.9 Å². The molecule has 0 fully saturated rings. The molecule has 10 heteroatoms. The molecule has 1 amide bonds. The molecule has 3 aromatic heterocycles. The molecule has 3 heterocycles. The van der Waals surface area contributed by atoms with Crippen molar-refractivity contribution in [3.05, 3.63) is 45.0 Å². The zero-order chi connectivity index (χ0) is 18.3. The standard InChI is InChI=1S/C15H17N7O3/c1-9-5-6-10(18-17-9)20(3)11(23)7-22-14(24)12-13(16-8-19(12)2)21(4)15(22)25/h5-6,8H,7H2,1-4H3. The summed E-state index contributed by atoms with van der Waals surface area (Å²) in [6, 6.07) is 3.37. The van der Waals surface area contributed by atoms with E-state index < -0.39 is 23.7 Å². The number of hydrogen-bond donors (Lipinski definition) is 0. The van der Waals surface area contributed by atoms with Gasteiger partial charge in [0, 0.05) is 21.1 Å². The molecular formula is C15H17N7O3. The van der Waals surface area contributed by atoms with Crippen LogP contribution in [0, 0.1) is 6.92 Å². The molecule has 0 unspecified atom stereocenters. The highest BCUT2D eigenvalue weighted by molar-refractivity contribution is 5.91. The Kier molecular flexibility index (Phi) is 3.95. The lowest BCUT2D eigenvalue weighted by Gasteiger charge is -2.16. The van der Waals surface area contributed by atoms with Crippen molar-refractivity contribution in [3.63, 3.8) is 0 Å². The summed E-state index contributed by atoms with van der Waals surface area (Å²) < 4.78 is 3.66. The van der Waals surface area contributed by atoms with Crippen LogP contribution in [0.15, 0.2) is 28.0 Å². The van der Waals surface area contributed by atoms with Crippen molar-refractivity contribution in [3.8, 4) is 0 Å². The zero-order valence-corrected chi connectivity index (χ0v) is 14.3. The third kappa shape index (κ3) is 2.71. The Labute approximate surface area is 142 Å². The third-order valence-electron chi connectivity index (χ3n) is 4.00. The van der Waals surface area contributed by atoms with Crippen LogP contribution in [0.5, 0.6) is 0 Å². The van der Waals surface area contributed by atoms with E-state index in [4.69, 9.17) is 0 Å². The van der Waals surface area contributed by atoms with E-state index in [2.05, 4.69) is 15.2 Å².